The summed E-state index contributed by atoms with van der Waals surface area (Å²) in [6.07, 6.45) is 0.554. The molecule has 0 saturated carbocycles. The van der Waals surface area contributed by atoms with E-state index < -0.39 is 24.2 Å². The molecule has 0 aromatic heterocycles. The maximum absolute atomic E-state index is 13.5. The summed E-state index contributed by atoms with van der Waals surface area (Å²) in [4.78, 5) is 26.5. The lowest BCUT2D eigenvalue weighted by Crippen LogP contribution is -2.43. The number of amides is 1. The average molecular weight is 535 g/mol. The van der Waals surface area contributed by atoms with Crippen molar-refractivity contribution in [1.29, 1.82) is 0 Å². The molecule has 1 aliphatic carbocycles. The number of fused-ring (bicyclic) bond motifs is 3. The van der Waals surface area contributed by atoms with Gasteiger partial charge in [-0.2, -0.15) is 0 Å². The summed E-state index contributed by atoms with van der Waals surface area (Å²) >= 11 is 0. The zero-order valence-corrected chi connectivity index (χ0v) is 22.4. The van der Waals surface area contributed by atoms with Gasteiger partial charge >= 0.3 is 12.1 Å². The number of nitrogens with one attached hydrogen (secondary N) is 1. The summed E-state index contributed by atoms with van der Waals surface area (Å²) in [5.41, 5.74) is 12.0. The zero-order chi connectivity index (χ0) is 27.7. The van der Waals surface area contributed by atoms with Crippen LogP contribution >= 0.6 is 0 Å². The number of hydrogen-bond acceptors (Lipinski definition) is 5. The third-order valence-electron chi connectivity index (χ3n) is 7.31. The summed E-state index contributed by atoms with van der Waals surface area (Å²) < 4.78 is 11.8. The van der Waals surface area contributed by atoms with Crippen molar-refractivity contribution >= 4 is 12.1 Å². The molecule has 0 radical (unpaired) electrons. The molecule has 4 aromatic carbocycles. The van der Waals surface area contributed by atoms with Crippen LogP contribution in [0.25, 0.3) is 11.1 Å². The van der Waals surface area contributed by atoms with Gasteiger partial charge in [0.1, 0.15) is 12.6 Å². The molecule has 6 heteroatoms. The van der Waals surface area contributed by atoms with Gasteiger partial charge in [-0.15, -0.1) is 0 Å². The van der Waals surface area contributed by atoms with Crippen molar-refractivity contribution in [3.05, 3.63) is 131 Å². The average Bonchev–Trinajstić information content (AvgIpc) is 3.32. The van der Waals surface area contributed by atoms with Gasteiger partial charge in [0.15, 0.2) is 6.10 Å². The number of unbranched alkanes of at least 4 members (excludes halogenated alkanes) is 1. The van der Waals surface area contributed by atoms with E-state index in [2.05, 4.69) is 29.6 Å². The van der Waals surface area contributed by atoms with Gasteiger partial charge in [0.25, 0.3) is 0 Å². The van der Waals surface area contributed by atoms with Crippen molar-refractivity contribution < 1.29 is 19.1 Å². The monoisotopic (exact) mass is 534 g/mol. The summed E-state index contributed by atoms with van der Waals surface area (Å²) in [7, 11) is 0. The Labute approximate surface area is 235 Å². The number of carbonyl (C=O) groups excluding carboxylic acids is 2. The summed E-state index contributed by atoms with van der Waals surface area (Å²) in [5.74, 6) is -0.579. The molecule has 5 rings (SSSR count). The zero-order valence-electron chi connectivity index (χ0n) is 22.4. The first-order valence-electron chi connectivity index (χ1n) is 13.8. The molecular weight excluding hydrogens is 500 g/mol. The van der Waals surface area contributed by atoms with Crippen LogP contribution < -0.4 is 11.1 Å². The third-order valence-corrected chi connectivity index (χ3v) is 7.31. The molecule has 4 aromatic rings. The molecule has 204 valence electrons. The van der Waals surface area contributed by atoms with E-state index in [0.29, 0.717) is 19.4 Å². The number of hydrogen-bond donors (Lipinski definition) is 2. The molecule has 0 spiro atoms. The highest BCUT2D eigenvalue weighted by molar-refractivity contribution is 5.82. The van der Waals surface area contributed by atoms with E-state index in [9.17, 15) is 9.59 Å². The minimum Gasteiger partial charge on any atom is -0.451 e. The van der Waals surface area contributed by atoms with Crippen LogP contribution in [0.4, 0.5) is 4.79 Å². The van der Waals surface area contributed by atoms with Crippen LogP contribution in [0.15, 0.2) is 109 Å². The second-order valence-corrected chi connectivity index (χ2v) is 9.95. The lowest BCUT2D eigenvalue weighted by atomic mass is 9.98. The topological polar surface area (TPSA) is 90.6 Å². The van der Waals surface area contributed by atoms with Gasteiger partial charge in [-0.1, -0.05) is 109 Å². The summed E-state index contributed by atoms with van der Waals surface area (Å²) in [6, 6.07) is 34.7. The number of ether oxygens (including phenoxy) is 2. The molecule has 40 heavy (non-hydrogen) atoms. The Morgan fingerprint density at radius 1 is 0.725 bits per heavy atom. The summed E-state index contributed by atoms with van der Waals surface area (Å²) in [5, 5.41) is 2.78. The second-order valence-electron chi connectivity index (χ2n) is 9.95. The van der Waals surface area contributed by atoms with E-state index in [1.807, 2.05) is 84.9 Å². The number of esters is 1. The van der Waals surface area contributed by atoms with Crippen molar-refractivity contribution in [1.82, 2.24) is 5.32 Å². The fourth-order valence-corrected chi connectivity index (χ4v) is 5.31. The fourth-order valence-electron chi connectivity index (χ4n) is 5.31. The van der Waals surface area contributed by atoms with Crippen LogP contribution in [0.1, 0.15) is 53.5 Å². The van der Waals surface area contributed by atoms with E-state index in [1.54, 1.807) is 0 Å². The highest BCUT2D eigenvalue weighted by atomic mass is 16.6. The minimum absolute atomic E-state index is 0.0682. The maximum Gasteiger partial charge on any atom is 0.407 e. The number of nitrogens with two attached hydrogens (primary N) is 1. The summed E-state index contributed by atoms with van der Waals surface area (Å²) in [6.45, 7) is 0.671. The smallest absolute Gasteiger partial charge is 0.407 e. The van der Waals surface area contributed by atoms with Gasteiger partial charge in [-0.25, -0.2) is 9.59 Å². The molecular formula is C34H34N2O4. The Kier molecular flexibility index (Phi) is 8.89. The second kappa shape index (κ2) is 13.1. The van der Waals surface area contributed by atoms with Crippen LogP contribution in [0, 0.1) is 0 Å². The lowest BCUT2D eigenvalue weighted by Gasteiger charge is -2.23. The molecule has 0 fully saturated rings. The Balaban J connectivity index is 1.29. The molecule has 0 saturated heterocycles. The highest BCUT2D eigenvalue weighted by Gasteiger charge is 2.31. The predicted molar refractivity (Wildman–Crippen MR) is 156 cm³/mol. The van der Waals surface area contributed by atoms with Crippen LogP contribution in [0.3, 0.4) is 0 Å². The molecule has 3 N–H and O–H groups in total. The highest BCUT2D eigenvalue weighted by Crippen LogP contribution is 2.44. The molecule has 1 atom stereocenters. The van der Waals surface area contributed by atoms with Crippen LogP contribution in [0.2, 0.25) is 0 Å². The van der Waals surface area contributed by atoms with Crippen LogP contribution in [0.5, 0.6) is 0 Å². The number of carbonyl (C=O) groups is 2. The quantitative estimate of drug-likeness (QED) is 0.173. The Morgan fingerprint density at radius 2 is 1.25 bits per heavy atom. The molecule has 6 nitrogen and oxygen atoms in total. The van der Waals surface area contributed by atoms with Gasteiger partial charge in [0, 0.05) is 5.92 Å². The molecule has 0 heterocycles. The molecule has 0 unspecified atom stereocenters. The molecule has 1 amide bonds. The van der Waals surface area contributed by atoms with E-state index >= 15 is 0 Å². The van der Waals surface area contributed by atoms with Gasteiger partial charge in [-0.05, 0) is 59.2 Å². The van der Waals surface area contributed by atoms with Gasteiger partial charge in [0.05, 0.1) is 0 Å². The molecule has 0 aliphatic heterocycles. The minimum atomic E-state index is -0.864. The van der Waals surface area contributed by atoms with Gasteiger partial charge < -0.3 is 20.5 Å². The van der Waals surface area contributed by atoms with Crippen molar-refractivity contribution in [3.8, 4) is 11.1 Å². The van der Waals surface area contributed by atoms with E-state index in [1.165, 1.54) is 0 Å². The van der Waals surface area contributed by atoms with Gasteiger partial charge in [0.2, 0.25) is 0 Å². The Bertz CT molecular complexity index is 1340. The Hall–Kier alpha value is -4.42. The first-order valence-corrected chi connectivity index (χ1v) is 13.8. The van der Waals surface area contributed by atoms with E-state index in [-0.39, 0.29) is 12.5 Å². The van der Waals surface area contributed by atoms with Crippen molar-refractivity contribution in [2.75, 3.05) is 13.2 Å². The van der Waals surface area contributed by atoms with Crippen LogP contribution in [-0.4, -0.2) is 31.3 Å². The Morgan fingerprint density at radius 3 is 1.80 bits per heavy atom. The van der Waals surface area contributed by atoms with Crippen molar-refractivity contribution in [2.45, 2.75) is 37.3 Å². The number of benzene rings is 4. The number of rotatable bonds is 11. The first-order chi connectivity index (χ1) is 19.7. The standard InChI is InChI=1S/C34H34N2O4/c35-22-12-11-21-31(33(37)40-32(24-13-3-1-4-14-24)25-15-5-2-6-16-25)36-34(38)39-23-30-28-19-9-7-17-26(28)27-18-8-10-20-29(27)30/h1-10,13-20,30-32H,11-12,21-23,35H2,(H,36,38)/t31-/m0/s1. The largest absolute Gasteiger partial charge is 0.451 e. The van der Waals surface area contributed by atoms with E-state index in [0.717, 1.165) is 39.8 Å². The predicted octanol–water partition coefficient (Wildman–Crippen LogP) is 6.36. The third kappa shape index (κ3) is 6.24. The maximum atomic E-state index is 13.5. The molecule has 1 aliphatic rings. The fraction of sp³-hybridized carbons (Fsp3) is 0.235. The van der Waals surface area contributed by atoms with Crippen molar-refractivity contribution in [2.24, 2.45) is 5.73 Å². The normalized spacial score (nSPS) is 12.8. The SMILES string of the molecule is NCCCC[C@H](NC(=O)OCC1c2ccccc2-c2ccccc21)C(=O)OC(c1ccccc1)c1ccccc1. The van der Waals surface area contributed by atoms with E-state index in [4.69, 9.17) is 15.2 Å². The first kappa shape index (κ1) is 27.2. The van der Waals surface area contributed by atoms with Crippen LogP contribution in [-0.2, 0) is 14.3 Å². The molecule has 0 bridgehead atoms. The number of alkyl carbamates (subject to hydrolysis) is 1. The van der Waals surface area contributed by atoms with Crippen molar-refractivity contribution in [3.63, 3.8) is 0 Å². The van der Waals surface area contributed by atoms with Gasteiger partial charge in [-0.3, -0.25) is 0 Å². The lowest BCUT2D eigenvalue weighted by molar-refractivity contribution is -0.150.